The van der Waals surface area contributed by atoms with Gasteiger partial charge in [0.05, 0.1) is 12.5 Å². The third kappa shape index (κ3) is 4.41. The van der Waals surface area contributed by atoms with Crippen LogP contribution < -0.4 is 5.32 Å². The molecule has 1 aromatic carbocycles. The van der Waals surface area contributed by atoms with Crippen molar-refractivity contribution in [3.63, 3.8) is 0 Å². The Morgan fingerprint density at radius 3 is 2.89 bits per heavy atom. The number of furan rings is 1. The minimum Gasteiger partial charge on any atom is -0.472 e. The molecule has 0 aliphatic rings. The zero-order chi connectivity index (χ0) is 13.5. The van der Waals surface area contributed by atoms with Gasteiger partial charge in [0.15, 0.2) is 0 Å². The summed E-state index contributed by atoms with van der Waals surface area (Å²) in [5.41, 5.74) is 2.50. The Hall–Kier alpha value is -1.25. The molecule has 19 heavy (non-hydrogen) atoms. The SMILES string of the molecule is CCCNCC(Cc1ccoc1)c1cccc(Cl)c1. The largest absolute Gasteiger partial charge is 0.472 e. The van der Waals surface area contributed by atoms with E-state index >= 15 is 0 Å². The highest BCUT2D eigenvalue weighted by Crippen LogP contribution is 2.23. The fourth-order valence-corrected chi connectivity index (χ4v) is 2.41. The van der Waals surface area contributed by atoms with Gasteiger partial charge in [-0.05, 0) is 48.7 Å². The van der Waals surface area contributed by atoms with Crippen molar-refractivity contribution < 1.29 is 4.42 Å². The molecule has 0 amide bonds. The van der Waals surface area contributed by atoms with Gasteiger partial charge in [-0.3, -0.25) is 0 Å². The van der Waals surface area contributed by atoms with Gasteiger partial charge >= 0.3 is 0 Å². The van der Waals surface area contributed by atoms with Crippen LogP contribution in [0.25, 0.3) is 0 Å². The molecule has 2 aromatic rings. The average molecular weight is 278 g/mol. The van der Waals surface area contributed by atoms with E-state index in [2.05, 4.69) is 24.4 Å². The summed E-state index contributed by atoms with van der Waals surface area (Å²) in [5, 5.41) is 4.29. The summed E-state index contributed by atoms with van der Waals surface area (Å²) in [6.07, 6.45) is 5.66. The lowest BCUT2D eigenvalue weighted by atomic mass is 9.93. The van der Waals surface area contributed by atoms with E-state index in [0.717, 1.165) is 31.0 Å². The summed E-state index contributed by atoms with van der Waals surface area (Å²) in [4.78, 5) is 0. The molecule has 2 nitrogen and oxygen atoms in total. The summed E-state index contributed by atoms with van der Waals surface area (Å²) < 4.78 is 5.15. The summed E-state index contributed by atoms with van der Waals surface area (Å²) in [5.74, 6) is 0.419. The van der Waals surface area contributed by atoms with Crippen molar-refractivity contribution in [2.75, 3.05) is 13.1 Å². The number of hydrogen-bond donors (Lipinski definition) is 1. The summed E-state index contributed by atoms with van der Waals surface area (Å²) in [6, 6.07) is 10.2. The van der Waals surface area contributed by atoms with Crippen LogP contribution in [-0.2, 0) is 6.42 Å². The van der Waals surface area contributed by atoms with E-state index in [-0.39, 0.29) is 0 Å². The molecule has 0 aliphatic carbocycles. The maximum absolute atomic E-state index is 6.09. The van der Waals surface area contributed by atoms with Crippen molar-refractivity contribution in [1.82, 2.24) is 5.32 Å². The summed E-state index contributed by atoms with van der Waals surface area (Å²) in [7, 11) is 0. The first-order valence-corrected chi connectivity index (χ1v) is 7.14. The molecule has 0 aliphatic heterocycles. The van der Waals surface area contributed by atoms with E-state index in [1.807, 2.05) is 24.5 Å². The maximum Gasteiger partial charge on any atom is 0.0934 e. The summed E-state index contributed by atoms with van der Waals surface area (Å²) >= 11 is 6.09. The molecule has 0 fully saturated rings. The Bertz CT molecular complexity index is 481. The molecule has 0 bridgehead atoms. The number of benzene rings is 1. The standard InChI is InChI=1S/C16H20ClNO/c1-2-7-18-11-15(9-13-6-8-19-12-13)14-4-3-5-16(17)10-14/h3-6,8,10,12,15,18H,2,7,9,11H2,1H3. The van der Waals surface area contributed by atoms with Crippen LogP contribution in [0.4, 0.5) is 0 Å². The van der Waals surface area contributed by atoms with E-state index in [0.29, 0.717) is 5.92 Å². The highest BCUT2D eigenvalue weighted by molar-refractivity contribution is 6.30. The molecular formula is C16H20ClNO. The molecular weight excluding hydrogens is 258 g/mol. The average Bonchev–Trinajstić information content (AvgIpc) is 2.91. The zero-order valence-electron chi connectivity index (χ0n) is 11.2. The van der Waals surface area contributed by atoms with E-state index < -0.39 is 0 Å². The van der Waals surface area contributed by atoms with Crippen molar-refractivity contribution in [3.05, 3.63) is 59.0 Å². The molecule has 1 atom stereocenters. The first-order chi connectivity index (χ1) is 9.29. The third-order valence-corrected chi connectivity index (χ3v) is 3.43. The van der Waals surface area contributed by atoms with E-state index in [4.69, 9.17) is 16.0 Å². The Morgan fingerprint density at radius 1 is 1.32 bits per heavy atom. The first-order valence-electron chi connectivity index (χ1n) is 6.77. The van der Waals surface area contributed by atoms with Gasteiger partial charge in [-0.1, -0.05) is 30.7 Å². The Kier molecular flexibility index (Phi) is 5.49. The van der Waals surface area contributed by atoms with Crippen LogP contribution in [0.3, 0.4) is 0 Å². The molecule has 1 unspecified atom stereocenters. The molecule has 0 spiro atoms. The van der Waals surface area contributed by atoms with E-state index in [1.54, 1.807) is 6.26 Å². The van der Waals surface area contributed by atoms with Gasteiger partial charge in [-0.15, -0.1) is 0 Å². The topological polar surface area (TPSA) is 25.2 Å². The quantitative estimate of drug-likeness (QED) is 0.765. The van der Waals surface area contributed by atoms with Crippen molar-refractivity contribution in [1.29, 1.82) is 0 Å². The predicted octanol–water partition coefficient (Wildman–Crippen LogP) is 4.26. The van der Waals surface area contributed by atoms with Crippen molar-refractivity contribution in [2.45, 2.75) is 25.7 Å². The second kappa shape index (κ2) is 7.37. The molecule has 3 heteroatoms. The fraction of sp³-hybridized carbons (Fsp3) is 0.375. The second-order valence-corrected chi connectivity index (χ2v) is 5.23. The molecule has 0 saturated heterocycles. The van der Waals surface area contributed by atoms with Gasteiger partial charge in [0, 0.05) is 17.5 Å². The first kappa shape index (κ1) is 14.2. The minimum atomic E-state index is 0.419. The predicted molar refractivity (Wildman–Crippen MR) is 79.8 cm³/mol. The van der Waals surface area contributed by atoms with E-state index in [1.165, 1.54) is 11.1 Å². The lowest BCUT2D eigenvalue weighted by molar-refractivity contribution is 0.551. The molecule has 2 rings (SSSR count). The lowest BCUT2D eigenvalue weighted by Crippen LogP contribution is -2.23. The normalized spacial score (nSPS) is 12.5. The van der Waals surface area contributed by atoms with Crippen LogP contribution in [0.5, 0.6) is 0 Å². The van der Waals surface area contributed by atoms with Crippen LogP contribution in [0, 0.1) is 0 Å². The minimum absolute atomic E-state index is 0.419. The van der Waals surface area contributed by atoms with Gasteiger partial charge in [0.25, 0.3) is 0 Å². The number of hydrogen-bond acceptors (Lipinski definition) is 2. The molecule has 102 valence electrons. The Labute approximate surface area is 119 Å². The Balaban J connectivity index is 2.08. The zero-order valence-corrected chi connectivity index (χ0v) is 12.0. The third-order valence-electron chi connectivity index (χ3n) is 3.20. The number of rotatable bonds is 7. The smallest absolute Gasteiger partial charge is 0.0934 e. The van der Waals surface area contributed by atoms with Crippen LogP contribution in [0.15, 0.2) is 47.3 Å². The van der Waals surface area contributed by atoms with Crippen LogP contribution in [0.1, 0.15) is 30.4 Å². The van der Waals surface area contributed by atoms with Crippen molar-refractivity contribution in [3.8, 4) is 0 Å². The van der Waals surface area contributed by atoms with Gasteiger partial charge in [-0.25, -0.2) is 0 Å². The maximum atomic E-state index is 6.09. The monoisotopic (exact) mass is 277 g/mol. The molecule has 1 N–H and O–H groups in total. The summed E-state index contributed by atoms with van der Waals surface area (Å²) in [6.45, 7) is 4.18. The fourth-order valence-electron chi connectivity index (χ4n) is 2.21. The van der Waals surface area contributed by atoms with Crippen LogP contribution in [-0.4, -0.2) is 13.1 Å². The van der Waals surface area contributed by atoms with Crippen molar-refractivity contribution in [2.24, 2.45) is 0 Å². The van der Waals surface area contributed by atoms with Crippen molar-refractivity contribution >= 4 is 11.6 Å². The molecule has 0 radical (unpaired) electrons. The Morgan fingerprint density at radius 2 is 2.21 bits per heavy atom. The molecule has 1 aromatic heterocycles. The van der Waals surface area contributed by atoms with Crippen LogP contribution in [0.2, 0.25) is 5.02 Å². The molecule has 0 saturated carbocycles. The second-order valence-electron chi connectivity index (χ2n) is 4.79. The highest BCUT2D eigenvalue weighted by Gasteiger charge is 2.13. The van der Waals surface area contributed by atoms with Gasteiger partial charge < -0.3 is 9.73 Å². The van der Waals surface area contributed by atoms with Gasteiger partial charge in [0.1, 0.15) is 0 Å². The van der Waals surface area contributed by atoms with Gasteiger partial charge in [0.2, 0.25) is 0 Å². The van der Waals surface area contributed by atoms with Gasteiger partial charge in [-0.2, -0.15) is 0 Å². The molecule has 1 heterocycles. The number of nitrogens with one attached hydrogen (secondary N) is 1. The highest BCUT2D eigenvalue weighted by atomic mass is 35.5. The lowest BCUT2D eigenvalue weighted by Gasteiger charge is -2.17. The number of halogens is 1. The van der Waals surface area contributed by atoms with E-state index in [9.17, 15) is 0 Å². The van der Waals surface area contributed by atoms with Crippen LogP contribution >= 0.6 is 11.6 Å².